The first kappa shape index (κ1) is 16.2. The van der Waals surface area contributed by atoms with Crippen LogP contribution in [-0.2, 0) is 11.8 Å². The number of nitrogens with zero attached hydrogens (tertiary/aromatic N) is 3. The third-order valence-corrected chi connectivity index (χ3v) is 3.37. The second-order valence-corrected chi connectivity index (χ2v) is 5.33. The highest BCUT2D eigenvalue weighted by molar-refractivity contribution is 6.30. The van der Waals surface area contributed by atoms with Crippen molar-refractivity contribution in [1.29, 1.82) is 0 Å². The molecule has 1 aromatic heterocycles. The van der Waals surface area contributed by atoms with Gasteiger partial charge in [-0.2, -0.15) is 0 Å². The normalized spacial score (nSPS) is 13.0. The van der Waals surface area contributed by atoms with Crippen LogP contribution in [0.3, 0.4) is 0 Å². The Bertz CT molecular complexity index is 696. The van der Waals surface area contributed by atoms with E-state index in [4.69, 9.17) is 11.6 Å². The van der Waals surface area contributed by atoms with Gasteiger partial charge < -0.3 is 15.0 Å². The summed E-state index contributed by atoms with van der Waals surface area (Å²) in [7, 11) is 1.75. The predicted molar refractivity (Wildman–Crippen MR) is 84.1 cm³/mol. The molecule has 0 saturated carbocycles. The number of amides is 1. The first-order chi connectivity index (χ1) is 10.5. The SMILES string of the molecule is CC(=Cc1cccc(Cl)c1)C(=O)NC(CO)c1nncn1C. The fourth-order valence-electron chi connectivity index (χ4n) is 1.98. The lowest BCUT2D eigenvalue weighted by atomic mass is 10.1. The van der Waals surface area contributed by atoms with E-state index in [1.54, 1.807) is 36.7 Å². The zero-order chi connectivity index (χ0) is 16.1. The molecule has 0 saturated heterocycles. The summed E-state index contributed by atoms with van der Waals surface area (Å²) >= 11 is 5.92. The summed E-state index contributed by atoms with van der Waals surface area (Å²) in [4.78, 5) is 12.2. The Morgan fingerprint density at radius 2 is 2.32 bits per heavy atom. The van der Waals surface area contributed by atoms with Gasteiger partial charge in [0.15, 0.2) is 5.82 Å². The molecule has 0 aliphatic rings. The van der Waals surface area contributed by atoms with Crippen molar-refractivity contribution in [2.24, 2.45) is 7.05 Å². The van der Waals surface area contributed by atoms with E-state index in [0.717, 1.165) is 5.56 Å². The van der Waals surface area contributed by atoms with E-state index in [-0.39, 0.29) is 12.5 Å². The molecular weight excluding hydrogens is 304 g/mol. The minimum absolute atomic E-state index is 0.261. The summed E-state index contributed by atoms with van der Waals surface area (Å²) in [5.74, 6) is 0.202. The molecule has 1 aromatic carbocycles. The van der Waals surface area contributed by atoms with Gasteiger partial charge in [-0.15, -0.1) is 10.2 Å². The number of aromatic nitrogens is 3. The Hall–Kier alpha value is -2.18. The summed E-state index contributed by atoms with van der Waals surface area (Å²) in [6.07, 6.45) is 3.24. The fraction of sp³-hybridized carbons (Fsp3) is 0.267. The van der Waals surface area contributed by atoms with E-state index in [1.807, 2.05) is 12.1 Å². The lowest BCUT2D eigenvalue weighted by molar-refractivity contribution is -0.118. The fourth-order valence-corrected chi connectivity index (χ4v) is 2.18. The van der Waals surface area contributed by atoms with Gasteiger partial charge in [0, 0.05) is 17.6 Å². The number of rotatable bonds is 5. The molecule has 0 radical (unpaired) electrons. The third kappa shape index (κ3) is 3.93. The number of carbonyl (C=O) groups excluding carboxylic acids is 1. The average molecular weight is 321 g/mol. The van der Waals surface area contributed by atoms with Crippen molar-refractivity contribution in [2.45, 2.75) is 13.0 Å². The molecule has 0 aliphatic heterocycles. The van der Waals surface area contributed by atoms with Crippen molar-refractivity contribution in [2.75, 3.05) is 6.61 Å². The van der Waals surface area contributed by atoms with Crippen molar-refractivity contribution in [3.63, 3.8) is 0 Å². The van der Waals surface area contributed by atoms with Crippen LogP contribution in [0.25, 0.3) is 6.08 Å². The average Bonchev–Trinajstić information content (AvgIpc) is 2.90. The summed E-state index contributed by atoms with van der Waals surface area (Å²) in [5, 5.41) is 20.4. The maximum atomic E-state index is 12.2. The van der Waals surface area contributed by atoms with Crippen LogP contribution in [0.1, 0.15) is 24.4 Å². The zero-order valence-electron chi connectivity index (χ0n) is 12.3. The van der Waals surface area contributed by atoms with Gasteiger partial charge in [-0.05, 0) is 30.7 Å². The summed E-state index contributed by atoms with van der Waals surface area (Å²) in [5.41, 5.74) is 1.34. The Labute approximate surface area is 133 Å². The van der Waals surface area contributed by atoms with Crippen molar-refractivity contribution < 1.29 is 9.90 Å². The molecular formula is C15H17ClN4O2. The number of hydrogen-bond donors (Lipinski definition) is 2. The molecule has 1 amide bonds. The quantitative estimate of drug-likeness (QED) is 0.822. The largest absolute Gasteiger partial charge is 0.394 e. The van der Waals surface area contributed by atoms with Crippen LogP contribution < -0.4 is 5.32 Å². The highest BCUT2D eigenvalue weighted by Gasteiger charge is 2.19. The Morgan fingerprint density at radius 1 is 1.55 bits per heavy atom. The predicted octanol–water partition coefficient (Wildman–Crippen LogP) is 1.72. The lowest BCUT2D eigenvalue weighted by Crippen LogP contribution is -2.33. The minimum Gasteiger partial charge on any atom is -0.394 e. The molecule has 2 aromatic rings. The van der Waals surface area contributed by atoms with Crippen LogP contribution in [-0.4, -0.2) is 32.4 Å². The van der Waals surface area contributed by atoms with Gasteiger partial charge in [0.25, 0.3) is 0 Å². The second-order valence-electron chi connectivity index (χ2n) is 4.89. The van der Waals surface area contributed by atoms with E-state index in [9.17, 15) is 9.90 Å². The van der Waals surface area contributed by atoms with Gasteiger partial charge in [0.05, 0.1) is 6.61 Å². The smallest absolute Gasteiger partial charge is 0.247 e. The molecule has 7 heteroatoms. The number of hydrogen-bond acceptors (Lipinski definition) is 4. The van der Waals surface area contributed by atoms with E-state index >= 15 is 0 Å². The molecule has 2 rings (SSSR count). The molecule has 0 aliphatic carbocycles. The van der Waals surface area contributed by atoms with Crippen LogP contribution in [0.2, 0.25) is 5.02 Å². The van der Waals surface area contributed by atoms with Crippen molar-refractivity contribution in [3.8, 4) is 0 Å². The molecule has 116 valence electrons. The first-order valence-electron chi connectivity index (χ1n) is 6.70. The molecule has 2 N–H and O–H groups in total. The maximum Gasteiger partial charge on any atom is 0.247 e. The molecule has 0 fully saturated rings. The summed E-state index contributed by atoms with van der Waals surface area (Å²) in [6, 6.07) is 6.60. The Balaban J connectivity index is 2.12. The van der Waals surface area contributed by atoms with Crippen LogP contribution in [0.15, 0.2) is 36.2 Å². The van der Waals surface area contributed by atoms with Gasteiger partial charge in [-0.3, -0.25) is 4.79 Å². The number of halogens is 1. The van der Waals surface area contributed by atoms with Gasteiger partial charge in [-0.1, -0.05) is 23.7 Å². The monoisotopic (exact) mass is 320 g/mol. The number of aryl methyl sites for hydroxylation is 1. The molecule has 22 heavy (non-hydrogen) atoms. The van der Waals surface area contributed by atoms with Crippen molar-refractivity contribution in [1.82, 2.24) is 20.1 Å². The maximum absolute atomic E-state index is 12.2. The highest BCUT2D eigenvalue weighted by Crippen LogP contribution is 2.15. The van der Waals surface area contributed by atoms with Crippen LogP contribution in [0.5, 0.6) is 0 Å². The lowest BCUT2D eigenvalue weighted by Gasteiger charge is -2.15. The van der Waals surface area contributed by atoms with Crippen molar-refractivity contribution >= 4 is 23.6 Å². The minimum atomic E-state index is -0.609. The van der Waals surface area contributed by atoms with E-state index in [0.29, 0.717) is 16.4 Å². The van der Waals surface area contributed by atoms with Gasteiger partial charge in [0.1, 0.15) is 12.4 Å². The van der Waals surface area contributed by atoms with Crippen molar-refractivity contribution in [3.05, 3.63) is 52.6 Å². The molecule has 0 spiro atoms. The second kappa shape index (κ2) is 7.20. The van der Waals surface area contributed by atoms with Gasteiger partial charge in [-0.25, -0.2) is 0 Å². The molecule has 0 bridgehead atoms. The van der Waals surface area contributed by atoms with Crippen LogP contribution in [0.4, 0.5) is 0 Å². The molecule has 1 atom stereocenters. The highest BCUT2D eigenvalue weighted by atomic mass is 35.5. The van der Waals surface area contributed by atoms with Gasteiger partial charge in [0.2, 0.25) is 5.91 Å². The molecule has 6 nitrogen and oxygen atoms in total. The molecule has 1 heterocycles. The molecule has 1 unspecified atom stereocenters. The van der Waals surface area contributed by atoms with E-state index < -0.39 is 6.04 Å². The zero-order valence-corrected chi connectivity index (χ0v) is 13.1. The number of benzene rings is 1. The number of aliphatic hydroxyl groups is 1. The first-order valence-corrected chi connectivity index (χ1v) is 7.08. The summed E-state index contributed by atoms with van der Waals surface area (Å²) < 4.78 is 1.65. The standard InChI is InChI=1S/C15H17ClN4O2/c1-10(6-11-4-3-5-12(16)7-11)15(22)18-13(8-21)14-19-17-9-20(14)2/h3-7,9,13,21H,8H2,1-2H3,(H,18,22). The van der Waals surface area contributed by atoms with Crippen LogP contribution in [0, 0.1) is 0 Å². The Kier molecular flexibility index (Phi) is 5.30. The van der Waals surface area contributed by atoms with E-state index in [1.165, 1.54) is 6.33 Å². The van der Waals surface area contributed by atoms with Crippen LogP contribution >= 0.6 is 11.6 Å². The van der Waals surface area contributed by atoms with E-state index in [2.05, 4.69) is 15.5 Å². The van der Waals surface area contributed by atoms with Gasteiger partial charge >= 0.3 is 0 Å². The Morgan fingerprint density at radius 3 is 2.91 bits per heavy atom. The topological polar surface area (TPSA) is 80.0 Å². The number of aliphatic hydroxyl groups excluding tert-OH is 1. The number of carbonyl (C=O) groups is 1. The third-order valence-electron chi connectivity index (χ3n) is 3.14. The number of nitrogens with one attached hydrogen (secondary N) is 1. The summed E-state index contributed by atoms with van der Waals surface area (Å²) in [6.45, 7) is 1.43.